The Morgan fingerprint density at radius 2 is 2.11 bits per heavy atom. The molecule has 1 aromatic carbocycles. The molecular weight excluding hydrogens is 228 g/mol. The quantitative estimate of drug-likeness (QED) is 0.756. The number of amides is 1. The summed E-state index contributed by atoms with van der Waals surface area (Å²) in [5.41, 5.74) is 1.62. The molecule has 0 spiro atoms. The number of benzene rings is 1. The highest BCUT2D eigenvalue weighted by Crippen LogP contribution is 2.10. The Kier molecular flexibility index (Phi) is 3.96. The van der Waals surface area contributed by atoms with Gasteiger partial charge in [-0.3, -0.25) is 10.1 Å². The number of H-pyrrole nitrogens is 1. The summed E-state index contributed by atoms with van der Waals surface area (Å²) in [7, 11) is 0. The lowest BCUT2D eigenvalue weighted by atomic mass is 10.2. The van der Waals surface area contributed by atoms with E-state index in [1.54, 1.807) is 24.5 Å². The van der Waals surface area contributed by atoms with Crippen LogP contribution in [-0.4, -0.2) is 22.4 Å². The van der Waals surface area contributed by atoms with Gasteiger partial charge in [0, 0.05) is 30.2 Å². The van der Waals surface area contributed by atoms with E-state index >= 15 is 0 Å². The standard InChI is InChI=1S/C13H16N4O/c1-2-7-14-11-5-3-10(4-6-11)12(18)17-13-15-8-9-16-13/h3-6,8-9,14H,2,7H2,1H3,(H2,15,16,17,18). The number of anilines is 2. The molecule has 5 nitrogen and oxygen atoms in total. The average Bonchev–Trinajstić information content (AvgIpc) is 2.89. The first kappa shape index (κ1) is 12.2. The summed E-state index contributed by atoms with van der Waals surface area (Å²) in [6, 6.07) is 7.37. The Labute approximate surface area is 106 Å². The predicted octanol–water partition coefficient (Wildman–Crippen LogP) is 2.48. The van der Waals surface area contributed by atoms with Crippen LogP contribution in [0.3, 0.4) is 0 Å². The van der Waals surface area contributed by atoms with Gasteiger partial charge in [-0.2, -0.15) is 0 Å². The van der Waals surface area contributed by atoms with E-state index in [4.69, 9.17) is 0 Å². The van der Waals surface area contributed by atoms with Gasteiger partial charge >= 0.3 is 0 Å². The van der Waals surface area contributed by atoms with E-state index in [1.165, 1.54) is 0 Å². The van der Waals surface area contributed by atoms with Crippen LogP contribution in [0.5, 0.6) is 0 Å². The maximum absolute atomic E-state index is 11.8. The normalized spacial score (nSPS) is 10.1. The third kappa shape index (κ3) is 3.10. The minimum Gasteiger partial charge on any atom is -0.385 e. The summed E-state index contributed by atoms with van der Waals surface area (Å²) in [6.07, 6.45) is 4.32. The minimum absolute atomic E-state index is 0.174. The minimum atomic E-state index is -0.174. The van der Waals surface area contributed by atoms with Crippen molar-refractivity contribution in [2.24, 2.45) is 0 Å². The lowest BCUT2D eigenvalue weighted by Crippen LogP contribution is -2.12. The van der Waals surface area contributed by atoms with Gasteiger partial charge in [-0.05, 0) is 30.7 Å². The molecule has 0 aliphatic heterocycles. The van der Waals surface area contributed by atoms with Crippen LogP contribution < -0.4 is 10.6 Å². The fourth-order valence-electron chi connectivity index (χ4n) is 1.52. The van der Waals surface area contributed by atoms with Crippen molar-refractivity contribution in [2.45, 2.75) is 13.3 Å². The SMILES string of the molecule is CCCNc1ccc(C(=O)Nc2ncc[nH]2)cc1. The maximum atomic E-state index is 11.8. The molecule has 3 N–H and O–H groups in total. The number of hydrogen-bond acceptors (Lipinski definition) is 3. The van der Waals surface area contributed by atoms with E-state index in [9.17, 15) is 4.79 Å². The van der Waals surface area contributed by atoms with Gasteiger partial charge in [-0.1, -0.05) is 6.92 Å². The lowest BCUT2D eigenvalue weighted by Gasteiger charge is -2.06. The van der Waals surface area contributed by atoms with E-state index in [0.29, 0.717) is 11.5 Å². The maximum Gasteiger partial charge on any atom is 0.257 e. The van der Waals surface area contributed by atoms with Gasteiger partial charge in [0.25, 0.3) is 5.91 Å². The van der Waals surface area contributed by atoms with E-state index in [1.807, 2.05) is 12.1 Å². The highest BCUT2D eigenvalue weighted by atomic mass is 16.1. The predicted molar refractivity (Wildman–Crippen MR) is 71.8 cm³/mol. The molecule has 2 rings (SSSR count). The molecule has 0 atom stereocenters. The topological polar surface area (TPSA) is 69.8 Å². The van der Waals surface area contributed by atoms with Gasteiger partial charge in [0.2, 0.25) is 5.95 Å². The Morgan fingerprint density at radius 1 is 1.33 bits per heavy atom. The fourth-order valence-corrected chi connectivity index (χ4v) is 1.52. The number of aromatic nitrogens is 2. The summed E-state index contributed by atoms with van der Waals surface area (Å²) in [5, 5.41) is 5.93. The largest absolute Gasteiger partial charge is 0.385 e. The lowest BCUT2D eigenvalue weighted by molar-refractivity contribution is 0.102. The number of carbonyl (C=O) groups is 1. The summed E-state index contributed by atoms with van der Waals surface area (Å²) >= 11 is 0. The molecule has 0 bridgehead atoms. The molecule has 2 aromatic rings. The average molecular weight is 244 g/mol. The first-order valence-electron chi connectivity index (χ1n) is 5.94. The Balaban J connectivity index is 1.98. The zero-order valence-corrected chi connectivity index (χ0v) is 10.2. The van der Waals surface area contributed by atoms with E-state index < -0.39 is 0 Å². The number of aromatic amines is 1. The van der Waals surface area contributed by atoms with Crippen molar-refractivity contribution in [2.75, 3.05) is 17.2 Å². The van der Waals surface area contributed by atoms with Gasteiger partial charge in [0.15, 0.2) is 0 Å². The number of nitrogens with zero attached hydrogens (tertiary/aromatic N) is 1. The van der Waals surface area contributed by atoms with Crippen LogP contribution in [0.2, 0.25) is 0 Å². The van der Waals surface area contributed by atoms with Crippen molar-refractivity contribution in [1.29, 1.82) is 0 Å². The second-order valence-corrected chi connectivity index (χ2v) is 3.90. The summed E-state index contributed by atoms with van der Waals surface area (Å²) in [6.45, 7) is 3.04. The molecule has 0 fully saturated rings. The van der Waals surface area contributed by atoms with Crippen molar-refractivity contribution in [3.63, 3.8) is 0 Å². The molecule has 1 aromatic heterocycles. The summed E-state index contributed by atoms with van der Waals surface area (Å²) in [4.78, 5) is 18.6. The van der Waals surface area contributed by atoms with Crippen molar-refractivity contribution in [1.82, 2.24) is 9.97 Å². The van der Waals surface area contributed by atoms with Gasteiger partial charge in [0.05, 0.1) is 0 Å². The van der Waals surface area contributed by atoms with Crippen LogP contribution >= 0.6 is 0 Å². The second-order valence-electron chi connectivity index (χ2n) is 3.90. The van der Waals surface area contributed by atoms with Crippen LogP contribution in [0.4, 0.5) is 11.6 Å². The molecule has 0 saturated carbocycles. The smallest absolute Gasteiger partial charge is 0.257 e. The molecule has 1 heterocycles. The van der Waals surface area contributed by atoms with Crippen LogP contribution in [-0.2, 0) is 0 Å². The molecule has 0 aliphatic rings. The molecule has 0 unspecified atom stereocenters. The fraction of sp³-hybridized carbons (Fsp3) is 0.231. The van der Waals surface area contributed by atoms with Crippen LogP contribution in [0.25, 0.3) is 0 Å². The number of imidazole rings is 1. The van der Waals surface area contributed by atoms with Gasteiger partial charge in [-0.15, -0.1) is 0 Å². The molecule has 0 aliphatic carbocycles. The Bertz CT molecular complexity index is 490. The number of rotatable bonds is 5. The Hall–Kier alpha value is -2.30. The monoisotopic (exact) mass is 244 g/mol. The number of carbonyl (C=O) groups excluding carboxylic acids is 1. The van der Waals surface area contributed by atoms with E-state index in [-0.39, 0.29) is 5.91 Å². The first-order chi connectivity index (χ1) is 8.79. The van der Waals surface area contributed by atoms with Crippen molar-refractivity contribution in [3.8, 4) is 0 Å². The van der Waals surface area contributed by atoms with E-state index in [2.05, 4.69) is 27.5 Å². The molecular formula is C13H16N4O. The van der Waals surface area contributed by atoms with Gasteiger partial charge in [-0.25, -0.2) is 4.98 Å². The second kappa shape index (κ2) is 5.86. The van der Waals surface area contributed by atoms with E-state index in [0.717, 1.165) is 18.7 Å². The van der Waals surface area contributed by atoms with Crippen LogP contribution in [0, 0.1) is 0 Å². The third-order valence-electron chi connectivity index (χ3n) is 2.46. The summed E-state index contributed by atoms with van der Waals surface area (Å²) in [5.74, 6) is 0.278. The zero-order chi connectivity index (χ0) is 12.8. The number of nitrogens with one attached hydrogen (secondary N) is 3. The molecule has 94 valence electrons. The summed E-state index contributed by atoms with van der Waals surface area (Å²) < 4.78 is 0. The third-order valence-corrected chi connectivity index (χ3v) is 2.46. The van der Waals surface area contributed by atoms with Crippen LogP contribution in [0.1, 0.15) is 23.7 Å². The molecule has 18 heavy (non-hydrogen) atoms. The van der Waals surface area contributed by atoms with Crippen molar-refractivity contribution in [3.05, 3.63) is 42.2 Å². The molecule has 0 radical (unpaired) electrons. The molecule has 0 saturated heterocycles. The molecule has 1 amide bonds. The molecule has 5 heteroatoms. The first-order valence-corrected chi connectivity index (χ1v) is 5.94. The highest BCUT2D eigenvalue weighted by Gasteiger charge is 2.06. The van der Waals surface area contributed by atoms with Crippen molar-refractivity contribution >= 4 is 17.5 Å². The zero-order valence-electron chi connectivity index (χ0n) is 10.2. The van der Waals surface area contributed by atoms with Crippen LogP contribution in [0.15, 0.2) is 36.7 Å². The highest BCUT2D eigenvalue weighted by molar-refractivity contribution is 6.03. The van der Waals surface area contributed by atoms with Gasteiger partial charge < -0.3 is 10.3 Å². The van der Waals surface area contributed by atoms with Crippen molar-refractivity contribution < 1.29 is 4.79 Å². The number of hydrogen-bond donors (Lipinski definition) is 3. The Morgan fingerprint density at radius 3 is 2.72 bits per heavy atom. The van der Waals surface area contributed by atoms with Gasteiger partial charge in [0.1, 0.15) is 0 Å².